The second kappa shape index (κ2) is 24.6. The van der Waals surface area contributed by atoms with Crippen LogP contribution in [0.1, 0.15) is 81.2 Å². The normalized spacial score (nSPS) is 11.4. The van der Waals surface area contributed by atoms with Crippen molar-refractivity contribution in [3.8, 4) is 0 Å². The highest BCUT2D eigenvalue weighted by Gasteiger charge is 2.15. The van der Waals surface area contributed by atoms with Crippen LogP contribution in [0, 0.1) is 11.3 Å². The molecular weight excluding hydrogens is 424 g/mol. The lowest BCUT2D eigenvalue weighted by molar-refractivity contribution is -0.123. The van der Waals surface area contributed by atoms with Crippen molar-refractivity contribution in [3.63, 3.8) is 0 Å². The van der Waals surface area contributed by atoms with Crippen LogP contribution in [0.5, 0.6) is 0 Å². The van der Waals surface area contributed by atoms with Crippen LogP contribution in [0.15, 0.2) is 30.3 Å². The third-order valence-electron chi connectivity index (χ3n) is 4.10. The predicted octanol–water partition coefficient (Wildman–Crippen LogP) is 5.06. The van der Waals surface area contributed by atoms with Crippen molar-refractivity contribution in [2.24, 2.45) is 22.8 Å². The molecule has 1 atom stereocenters. The van der Waals surface area contributed by atoms with Crippen molar-refractivity contribution in [2.45, 2.75) is 88.3 Å². The van der Waals surface area contributed by atoms with E-state index in [9.17, 15) is 4.79 Å². The maximum atomic E-state index is 12.1. The van der Waals surface area contributed by atoms with Crippen LogP contribution in [-0.2, 0) is 16.1 Å². The highest BCUT2D eigenvalue weighted by Crippen LogP contribution is 2.18. The first-order valence-electron chi connectivity index (χ1n) is 13.1. The van der Waals surface area contributed by atoms with E-state index in [2.05, 4.69) is 51.8 Å². The van der Waals surface area contributed by atoms with Crippen LogP contribution in [-0.4, -0.2) is 56.2 Å². The Labute approximate surface area is 212 Å². The number of benzene rings is 1. The first-order chi connectivity index (χ1) is 16.0. The van der Waals surface area contributed by atoms with E-state index in [-0.39, 0.29) is 17.9 Å². The lowest BCUT2D eigenvalue weighted by Gasteiger charge is -2.26. The molecule has 0 spiro atoms. The number of hydrogen-bond acceptors (Lipinski definition) is 5. The molecule has 1 aromatic carbocycles. The van der Waals surface area contributed by atoms with E-state index in [0.29, 0.717) is 19.7 Å². The van der Waals surface area contributed by atoms with Gasteiger partial charge in [-0.2, -0.15) is 0 Å². The van der Waals surface area contributed by atoms with E-state index >= 15 is 0 Å². The Morgan fingerprint density at radius 3 is 2.00 bits per heavy atom. The maximum Gasteiger partial charge on any atom is 0.239 e. The van der Waals surface area contributed by atoms with Gasteiger partial charge in [0.05, 0.1) is 13.2 Å². The molecule has 0 aliphatic rings. The molecule has 0 bridgehead atoms. The van der Waals surface area contributed by atoms with Crippen LogP contribution in [0.3, 0.4) is 0 Å². The van der Waals surface area contributed by atoms with Gasteiger partial charge in [-0.05, 0) is 29.9 Å². The number of carbonyl (C=O) groups excluding carboxylic acids is 1. The van der Waals surface area contributed by atoms with Crippen molar-refractivity contribution in [2.75, 3.05) is 39.3 Å². The number of rotatable bonds is 12. The maximum absolute atomic E-state index is 12.1. The minimum Gasteiger partial charge on any atom is -0.375 e. The van der Waals surface area contributed by atoms with Crippen molar-refractivity contribution in [1.82, 2.24) is 10.2 Å². The second-order valence-corrected chi connectivity index (χ2v) is 9.57. The number of carbonyl (C=O) groups is 1. The topological polar surface area (TPSA) is 93.6 Å². The van der Waals surface area contributed by atoms with E-state index < -0.39 is 6.04 Å². The van der Waals surface area contributed by atoms with E-state index in [1.165, 1.54) is 0 Å². The standard InChI is InChI=1S/C20H36N4O2.C4H10.2C2H6/c1-20(2,3)9-12-24(13-10-21)14-11-23-19(25)18(22)16-26-15-17-7-5-4-6-8-17;1-4(2)3;2*1-2/h4-8,18H,9-16,21-22H2,1-3H3,(H,23,25);4H,1-3H3;2*1-2H3. The fourth-order valence-electron chi connectivity index (χ4n) is 2.43. The minimum atomic E-state index is -0.656. The molecule has 0 heterocycles. The molecule has 0 aliphatic heterocycles. The van der Waals surface area contributed by atoms with Crippen LogP contribution in [0.25, 0.3) is 0 Å². The molecule has 0 radical (unpaired) electrons. The molecule has 1 amide bonds. The average Bonchev–Trinajstić information content (AvgIpc) is 2.79. The molecule has 0 aliphatic carbocycles. The zero-order valence-corrected chi connectivity index (χ0v) is 24.1. The van der Waals surface area contributed by atoms with Crippen molar-refractivity contribution in [1.29, 1.82) is 0 Å². The summed E-state index contributed by atoms with van der Waals surface area (Å²) in [6.45, 7) is 25.6. The van der Waals surface area contributed by atoms with Gasteiger partial charge in [-0.15, -0.1) is 0 Å². The molecule has 0 fully saturated rings. The minimum absolute atomic E-state index is 0.179. The lowest BCUT2D eigenvalue weighted by Crippen LogP contribution is -2.46. The first-order valence-corrected chi connectivity index (χ1v) is 13.1. The largest absolute Gasteiger partial charge is 0.375 e. The lowest BCUT2D eigenvalue weighted by atomic mass is 9.92. The molecule has 6 heteroatoms. The van der Waals surface area contributed by atoms with E-state index in [4.69, 9.17) is 16.2 Å². The van der Waals surface area contributed by atoms with Crippen LogP contribution in [0.2, 0.25) is 0 Å². The van der Waals surface area contributed by atoms with Gasteiger partial charge >= 0.3 is 0 Å². The number of amides is 1. The molecular formula is C28H58N4O2. The molecule has 1 unspecified atom stereocenters. The van der Waals surface area contributed by atoms with Gasteiger partial charge in [0.15, 0.2) is 0 Å². The van der Waals surface area contributed by atoms with Gasteiger partial charge in [-0.3, -0.25) is 4.79 Å². The molecule has 1 aromatic rings. The Morgan fingerprint density at radius 1 is 1.00 bits per heavy atom. The number of hydrogen-bond donors (Lipinski definition) is 3. The summed E-state index contributed by atoms with van der Waals surface area (Å²) in [6.07, 6.45) is 1.09. The molecule has 34 heavy (non-hydrogen) atoms. The Hall–Kier alpha value is -1.47. The van der Waals surface area contributed by atoms with Crippen molar-refractivity contribution >= 4 is 5.91 Å². The van der Waals surface area contributed by atoms with Gasteiger partial charge in [0.2, 0.25) is 5.91 Å². The van der Waals surface area contributed by atoms with Crippen LogP contribution < -0.4 is 16.8 Å². The van der Waals surface area contributed by atoms with Crippen LogP contribution in [0.4, 0.5) is 0 Å². The van der Waals surface area contributed by atoms with E-state index in [0.717, 1.165) is 37.5 Å². The Kier molecular flexibility index (Phi) is 26.9. The zero-order chi connectivity index (χ0) is 27.0. The number of nitrogens with two attached hydrogens (primary N) is 2. The SMILES string of the molecule is CC.CC.CC(C)(C)CCN(CCN)CCNC(=O)C(N)COCc1ccccc1.CC(C)C. The summed E-state index contributed by atoms with van der Waals surface area (Å²) >= 11 is 0. The number of nitrogens with one attached hydrogen (secondary N) is 1. The predicted molar refractivity (Wildman–Crippen MR) is 150 cm³/mol. The number of nitrogens with zero attached hydrogens (tertiary/aromatic N) is 1. The average molecular weight is 483 g/mol. The smallest absolute Gasteiger partial charge is 0.239 e. The van der Waals surface area contributed by atoms with Gasteiger partial charge in [-0.25, -0.2) is 0 Å². The third-order valence-corrected chi connectivity index (χ3v) is 4.10. The van der Waals surface area contributed by atoms with Crippen molar-refractivity contribution < 1.29 is 9.53 Å². The Morgan fingerprint density at radius 2 is 1.53 bits per heavy atom. The monoisotopic (exact) mass is 482 g/mol. The van der Waals surface area contributed by atoms with Gasteiger partial charge < -0.3 is 26.4 Å². The fraction of sp³-hybridized carbons (Fsp3) is 0.750. The summed E-state index contributed by atoms with van der Waals surface area (Å²) in [5, 5.41) is 2.89. The Balaban J connectivity index is -0.00000106. The molecule has 202 valence electrons. The summed E-state index contributed by atoms with van der Waals surface area (Å²) in [5.74, 6) is 0.654. The zero-order valence-electron chi connectivity index (χ0n) is 24.1. The Bertz CT molecular complexity index is 542. The van der Waals surface area contributed by atoms with E-state index in [1.807, 2.05) is 58.0 Å². The number of ether oxygens (including phenoxy) is 1. The summed E-state index contributed by atoms with van der Waals surface area (Å²) in [5.41, 5.74) is 12.9. The van der Waals surface area contributed by atoms with Gasteiger partial charge in [-0.1, -0.05) is 99.6 Å². The van der Waals surface area contributed by atoms with Gasteiger partial charge in [0, 0.05) is 26.2 Å². The summed E-state index contributed by atoms with van der Waals surface area (Å²) in [7, 11) is 0. The molecule has 1 rings (SSSR count). The first kappa shape index (κ1) is 37.1. The van der Waals surface area contributed by atoms with Crippen LogP contribution >= 0.6 is 0 Å². The van der Waals surface area contributed by atoms with Crippen molar-refractivity contribution in [3.05, 3.63) is 35.9 Å². The quantitative estimate of drug-likeness (QED) is 0.387. The third kappa shape index (κ3) is 26.8. The molecule has 0 saturated carbocycles. The van der Waals surface area contributed by atoms with Gasteiger partial charge in [0.25, 0.3) is 0 Å². The summed E-state index contributed by atoms with van der Waals surface area (Å²) in [4.78, 5) is 14.4. The molecule has 6 nitrogen and oxygen atoms in total. The molecule has 0 saturated heterocycles. The fourth-order valence-corrected chi connectivity index (χ4v) is 2.43. The summed E-state index contributed by atoms with van der Waals surface area (Å²) in [6, 6.07) is 9.18. The highest BCUT2D eigenvalue weighted by atomic mass is 16.5. The van der Waals surface area contributed by atoms with Gasteiger partial charge in [0.1, 0.15) is 6.04 Å². The second-order valence-electron chi connectivity index (χ2n) is 9.57. The van der Waals surface area contributed by atoms with E-state index in [1.54, 1.807) is 0 Å². The molecule has 0 aromatic heterocycles. The molecule has 5 N–H and O–H groups in total. The summed E-state index contributed by atoms with van der Waals surface area (Å²) < 4.78 is 5.53. The highest BCUT2D eigenvalue weighted by molar-refractivity contribution is 5.81.